The number of pyridine rings is 1. The van der Waals surface area contributed by atoms with Gasteiger partial charge in [0.25, 0.3) is 25.8 Å². The van der Waals surface area contributed by atoms with E-state index in [1.807, 2.05) is 6.07 Å². The largest absolute Gasteiger partial charge is 0.479 e. The van der Waals surface area contributed by atoms with E-state index in [-0.39, 0.29) is 90.2 Å². The van der Waals surface area contributed by atoms with E-state index in [4.69, 9.17) is 0 Å². The summed E-state index contributed by atoms with van der Waals surface area (Å²) in [4.78, 5) is 51.7. The Morgan fingerprint density at radius 3 is 2.06 bits per heavy atom. The summed E-state index contributed by atoms with van der Waals surface area (Å²) in [6, 6.07) is 21.0. The lowest BCUT2D eigenvalue weighted by molar-refractivity contribution is 0.0697. The van der Waals surface area contributed by atoms with Gasteiger partial charge >= 0.3 is 12.0 Å². The predicted octanol–water partition coefficient (Wildman–Crippen LogP) is 6.31. The van der Waals surface area contributed by atoms with Crippen LogP contribution in [0.25, 0.3) is 27.7 Å². The van der Waals surface area contributed by atoms with Crippen LogP contribution in [0.3, 0.4) is 0 Å². The number of para-hydroxylation sites is 1. The molecule has 0 bridgehead atoms. The van der Waals surface area contributed by atoms with Gasteiger partial charge in [-0.2, -0.15) is 37.0 Å². The van der Waals surface area contributed by atoms with Crippen molar-refractivity contribution < 1.29 is 45.7 Å². The zero-order valence-corrected chi connectivity index (χ0v) is 34.4. The fourth-order valence-electron chi connectivity index (χ4n) is 7.93. The highest BCUT2D eigenvalue weighted by Gasteiger charge is 2.34. The Morgan fingerprint density at radius 2 is 1.40 bits per heavy atom. The summed E-state index contributed by atoms with van der Waals surface area (Å²) in [5.41, 5.74) is -0.584. The van der Waals surface area contributed by atoms with E-state index in [0.29, 0.717) is 5.56 Å². The number of rotatable bonds is 10. The number of aromatic hydroxyl groups is 1. The number of nitrogens with one attached hydrogen (secondary N) is 3. The number of hydrogen-bond acceptors (Lipinski definition) is 15. The number of nitriles is 1. The van der Waals surface area contributed by atoms with Gasteiger partial charge in [-0.25, -0.2) is 4.79 Å². The fraction of sp³-hybridized carbons (Fsp3) is 0.0714. The lowest BCUT2D eigenvalue weighted by Gasteiger charge is -2.27. The monoisotopic (exact) mass is 886 g/mol. The number of hydrogen-bond donors (Lipinski definition) is 7. The molecule has 0 unspecified atom stereocenters. The summed E-state index contributed by atoms with van der Waals surface area (Å²) in [6.07, 6.45) is 0. The molecule has 1 aliphatic rings. The lowest BCUT2D eigenvalue weighted by atomic mass is 9.81. The molecule has 0 spiro atoms. The van der Waals surface area contributed by atoms with Gasteiger partial charge in [-0.3, -0.25) is 23.3 Å². The summed E-state index contributed by atoms with van der Waals surface area (Å²) in [5.74, 6) is -2.41. The molecule has 19 nitrogen and oxygen atoms in total. The number of anilines is 6. The molecule has 0 saturated heterocycles. The van der Waals surface area contributed by atoms with Crippen molar-refractivity contribution in [3.8, 4) is 28.9 Å². The van der Waals surface area contributed by atoms with Crippen LogP contribution >= 0.6 is 0 Å². The van der Waals surface area contributed by atoms with E-state index in [0.717, 1.165) is 10.6 Å². The molecule has 2 heterocycles. The average Bonchev–Trinajstić information content (AvgIpc) is 3.19. The molecule has 7 aromatic rings. The molecule has 0 aliphatic heterocycles. The van der Waals surface area contributed by atoms with Crippen molar-refractivity contribution in [3.63, 3.8) is 0 Å². The first kappa shape index (κ1) is 41.7. The Bertz CT molecular complexity index is 3530. The standard InChI is InChI=1S/C42H30N8O11S2/c1-19-16-20(2)37(63(59,60)61)21(3)35(19)50-30-14-13-28(33-34(30)32(26(18-43)38(50)52)23-8-4-5-9-24(23)36(33)51)45-29-17-22(12-15-31(29)62(56,57)58)44-40-47-41(49-42(55)48-40)46-27-11-7-6-10-25(27)39(53)54/h4-17,45H,1-3H3,(H,53,54)(H,56,57,58)(H,59,60,61)(H3,44,46,47,48,49,55). The van der Waals surface area contributed by atoms with Crippen molar-refractivity contribution in [1.82, 2.24) is 19.5 Å². The summed E-state index contributed by atoms with van der Waals surface area (Å²) < 4.78 is 72.5. The predicted molar refractivity (Wildman–Crippen MR) is 228 cm³/mol. The topological polar surface area (TPSA) is 304 Å². The number of carboxylic acids is 1. The molecule has 21 heteroatoms. The van der Waals surface area contributed by atoms with Gasteiger partial charge in [-0.05, 0) is 85.5 Å². The Morgan fingerprint density at radius 1 is 0.730 bits per heavy atom. The summed E-state index contributed by atoms with van der Waals surface area (Å²) >= 11 is 0. The van der Waals surface area contributed by atoms with Crippen LogP contribution in [0.5, 0.6) is 6.01 Å². The third-order valence-corrected chi connectivity index (χ3v) is 12.3. The number of nitrogens with zero attached hydrogens (tertiary/aromatic N) is 5. The van der Waals surface area contributed by atoms with Crippen LogP contribution in [0.1, 0.15) is 48.5 Å². The quantitative estimate of drug-likeness (QED) is 0.0740. The minimum absolute atomic E-state index is 0.0100. The molecular formula is C42H30N8O11S2. The Hall–Kier alpha value is -8.03. The maximum atomic E-state index is 14.7. The summed E-state index contributed by atoms with van der Waals surface area (Å²) in [7, 11) is -9.80. The number of carboxylic acid groups (broad SMARTS) is 1. The first-order valence-electron chi connectivity index (χ1n) is 18.4. The van der Waals surface area contributed by atoms with Gasteiger partial charge in [0.15, 0.2) is 5.78 Å². The van der Waals surface area contributed by atoms with Crippen molar-refractivity contribution in [1.29, 1.82) is 5.26 Å². The van der Waals surface area contributed by atoms with E-state index in [2.05, 4.69) is 30.9 Å². The second kappa shape index (κ2) is 15.2. The number of aryl methyl sites for hydroxylation is 2. The van der Waals surface area contributed by atoms with Crippen molar-refractivity contribution >= 4 is 77.5 Å². The molecular weight excluding hydrogens is 857 g/mol. The Balaban J connectivity index is 1.32. The van der Waals surface area contributed by atoms with E-state index < -0.39 is 58.9 Å². The molecule has 5 aromatic carbocycles. The average molecular weight is 887 g/mol. The zero-order valence-electron chi connectivity index (χ0n) is 32.8. The highest BCUT2D eigenvalue weighted by molar-refractivity contribution is 7.86. The maximum absolute atomic E-state index is 14.7. The van der Waals surface area contributed by atoms with E-state index in [1.165, 1.54) is 68.4 Å². The normalized spacial score (nSPS) is 12.1. The van der Waals surface area contributed by atoms with Crippen molar-refractivity contribution in [3.05, 3.63) is 134 Å². The molecule has 1 aliphatic carbocycles. The van der Waals surface area contributed by atoms with Crippen LogP contribution < -0.4 is 21.5 Å². The van der Waals surface area contributed by atoms with Gasteiger partial charge in [-0.15, -0.1) is 0 Å². The molecule has 8 rings (SSSR count). The first-order valence-corrected chi connectivity index (χ1v) is 21.2. The smallest absolute Gasteiger partial charge is 0.337 e. The second-order valence-corrected chi connectivity index (χ2v) is 17.0. The minimum Gasteiger partial charge on any atom is -0.479 e. The Kier molecular flexibility index (Phi) is 10.0. The van der Waals surface area contributed by atoms with Crippen LogP contribution in [0.15, 0.2) is 99.5 Å². The second-order valence-electron chi connectivity index (χ2n) is 14.2. The van der Waals surface area contributed by atoms with Crippen LogP contribution in [-0.4, -0.2) is 67.4 Å². The van der Waals surface area contributed by atoms with Crippen LogP contribution in [0, 0.1) is 32.1 Å². The molecule has 63 heavy (non-hydrogen) atoms. The SMILES string of the molecule is Cc1cc(C)c(S(=O)(=O)O)c(C)c1-n1c(=O)c(C#N)c2c3c(c(Nc4cc(Nc5nc(O)nc(Nc6ccccc6C(=O)O)n5)ccc4S(=O)(=O)O)ccc31)C(=O)c1ccccc1-2. The third-order valence-electron chi connectivity index (χ3n) is 10.3. The highest BCUT2D eigenvalue weighted by atomic mass is 32.2. The number of fused-ring (bicyclic) bond motifs is 2. The van der Waals surface area contributed by atoms with Gasteiger partial charge in [-0.1, -0.05) is 42.5 Å². The number of carbonyl (C=O) groups excluding carboxylic acids is 1. The fourth-order valence-corrected chi connectivity index (χ4v) is 9.51. The van der Waals surface area contributed by atoms with Crippen LogP contribution in [0.4, 0.5) is 34.6 Å². The van der Waals surface area contributed by atoms with Crippen LogP contribution in [-0.2, 0) is 20.2 Å². The number of benzene rings is 5. The van der Waals surface area contributed by atoms with Gasteiger partial charge in [0.2, 0.25) is 11.9 Å². The maximum Gasteiger partial charge on any atom is 0.337 e. The zero-order chi connectivity index (χ0) is 45.3. The number of carbonyl (C=O) groups is 2. The molecule has 0 amide bonds. The summed E-state index contributed by atoms with van der Waals surface area (Å²) in [5, 5.41) is 39.0. The number of ketones is 1. The van der Waals surface area contributed by atoms with Gasteiger partial charge in [0, 0.05) is 22.2 Å². The highest BCUT2D eigenvalue weighted by Crippen LogP contribution is 2.45. The third kappa shape index (κ3) is 7.23. The summed E-state index contributed by atoms with van der Waals surface area (Å²) in [6.45, 7) is 4.47. The van der Waals surface area contributed by atoms with Gasteiger partial charge in [0.1, 0.15) is 21.4 Å². The van der Waals surface area contributed by atoms with Crippen LogP contribution in [0.2, 0.25) is 0 Å². The molecule has 0 saturated carbocycles. The van der Waals surface area contributed by atoms with E-state index >= 15 is 0 Å². The van der Waals surface area contributed by atoms with Crippen molar-refractivity contribution in [2.24, 2.45) is 0 Å². The lowest BCUT2D eigenvalue weighted by Crippen LogP contribution is -2.27. The number of aromatic nitrogens is 4. The van der Waals surface area contributed by atoms with Crippen molar-refractivity contribution in [2.75, 3.05) is 16.0 Å². The number of aromatic carboxylic acids is 1. The Labute approximate surface area is 356 Å². The van der Waals surface area contributed by atoms with E-state index in [1.54, 1.807) is 31.2 Å². The van der Waals surface area contributed by atoms with Gasteiger partial charge in [0.05, 0.1) is 39.4 Å². The molecule has 316 valence electrons. The molecule has 0 fully saturated rings. The van der Waals surface area contributed by atoms with Crippen molar-refractivity contribution in [2.45, 2.75) is 30.6 Å². The molecule has 0 atom stereocenters. The minimum atomic E-state index is -4.98. The first-order chi connectivity index (χ1) is 29.8. The molecule has 7 N–H and O–H groups in total. The molecule has 2 aromatic heterocycles. The molecule has 0 radical (unpaired) electrons. The van der Waals surface area contributed by atoms with E-state index in [9.17, 15) is 55.8 Å². The van der Waals surface area contributed by atoms with Gasteiger partial charge < -0.3 is 26.2 Å².